The highest BCUT2D eigenvalue weighted by Crippen LogP contribution is 2.48. The lowest BCUT2D eigenvalue weighted by Crippen LogP contribution is -2.42. The number of ether oxygens (including phenoxy) is 2. The van der Waals surface area contributed by atoms with E-state index in [1.807, 2.05) is 0 Å². The summed E-state index contributed by atoms with van der Waals surface area (Å²) in [6.45, 7) is 5.28. The van der Waals surface area contributed by atoms with Gasteiger partial charge in [-0.2, -0.15) is 5.26 Å². The van der Waals surface area contributed by atoms with Crippen molar-refractivity contribution in [1.29, 1.82) is 5.26 Å². The van der Waals surface area contributed by atoms with Crippen molar-refractivity contribution in [1.82, 2.24) is 5.16 Å². The molecule has 2 fully saturated rings. The monoisotopic (exact) mass is 442 g/mol. The molecule has 32 heavy (non-hydrogen) atoms. The van der Waals surface area contributed by atoms with Gasteiger partial charge >= 0.3 is 12.2 Å². The predicted molar refractivity (Wildman–Crippen MR) is 111 cm³/mol. The van der Waals surface area contributed by atoms with Gasteiger partial charge in [0, 0.05) is 11.6 Å². The quantitative estimate of drug-likeness (QED) is 0.685. The largest absolute Gasteiger partial charge is 0.443 e. The fraction of sp³-hybridized carbons (Fsp3) is 0.455. The number of halogens is 1. The maximum atomic E-state index is 14.7. The molecule has 1 aliphatic heterocycles. The number of carbonyl (C=O) groups is 2. The van der Waals surface area contributed by atoms with Crippen LogP contribution in [-0.4, -0.2) is 42.1 Å². The Balaban J connectivity index is 1.50. The molecule has 0 spiro atoms. The highest BCUT2D eigenvalue weighted by Gasteiger charge is 2.47. The molecule has 0 N–H and O–H groups in total. The molecule has 0 bridgehead atoms. The third-order valence-electron chi connectivity index (χ3n) is 5.32. The van der Waals surface area contributed by atoms with Crippen molar-refractivity contribution in [3.8, 4) is 6.07 Å². The second-order valence-corrected chi connectivity index (χ2v) is 8.92. The number of cyclic esters (lactones) is 1. The summed E-state index contributed by atoms with van der Waals surface area (Å²) < 4.78 is 30.4. The Morgan fingerprint density at radius 2 is 2.16 bits per heavy atom. The first-order chi connectivity index (χ1) is 15.1. The third-order valence-corrected chi connectivity index (χ3v) is 5.32. The van der Waals surface area contributed by atoms with Crippen molar-refractivity contribution in [2.45, 2.75) is 50.7 Å². The molecule has 1 saturated heterocycles. The third kappa shape index (κ3) is 4.23. The maximum absolute atomic E-state index is 14.7. The Morgan fingerprint density at radius 3 is 2.72 bits per heavy atom. The van der Waals surface area contributed by atoms with Crippen LogP contribution >= 0.6 is 0 Å². The molecule has 1 saturated carbocycles. The van der Waals surface area contributed by atoms with Gasteiger partial charge in [0.05, 0.1) is 30.3 Å². The van der Waals surface area contributed by atoms with Gasteiger partial charge < -0.3 is 14.0 Å². The second-order valence-electron chi connectivity index (χ2n) is 8.92. The minimum absolute atomic E-state index is 0.0260. The van der Waals surface area contributed by atoms with Crippen LogP contribution in [0.25, 0.3) is 0 Å². The Kier molecular flexibility index (Phi) is 5.28. The average molecular weight is 442 g/mol. The smallest absolute Gasteiger partial charge is 0.416 e. The van der Waals surface area contributed by atoms with Crippen LogP contribution < -0.4 is 9.80 Å². The molecule has 9 nitrogen and oxygen atoms in total. The van der Waals surface area contributed by atoms with Gasteiger partial charge in [0.15, 0.2) is 5.82 Å². The summed E-state index contributed by atoms with van der Waals surface area (Å²) in [5.74, 6) is -0.314. The summed E-state index contributed by atoms with van der Waals surface area (Å²) in [4.78, 5) is 27.7. The molecule has 2 heterocycles. The van der Waals surface area contributed by atoms with Crippen LogP contribution in [0.4, 0.5) is 25.5 Å². The minimum atomic E-state index is -0.762. The van der Waals surface area contributed by atoms with E-state index in [4.69, 9.17) is 14.0 Å². The van der Waals surface area contributed by atoms with Gasteiger partial charge in [0.25, 0.3) is 0 Å². The van der Waals surface area contributed by atoms with Crippen molar-refractivity contribution in [2.24, 2.45) is 0 Å². The van der Waals surface area contributed by atoms with E-state index in [0.717, 1.165) is 0 Å². The molecular formula is C22H23FN4O5. The summed E-state index contributed by atoms with van der Waals surface area (Å²) in [5.41, 5.74) is -0.839. The number of hydrogen-bond acceptors (Lipinski definition) is 7. The number of rotatable bonds is 5. The van der Waals surface area contributed by atoms with Crippen LogP contribution in [0.1, 0.15) is 39.2 Å². The van der Waals surface area contributed by atoms with Crippen LogP contribution in [0.5, 0.6) is 0 Å². The van der Waals surface area contributed by atoms with Crippen molar-refractivity contribution in [3.63, 3.8) is 0 Å². The number of anilines is 2. The van der Waals surface area contributed by atoms with Crippen LogP contribution in [0.3, 0.4) is 0 Å². The Labute approximate surface area is 184 Å². The molecule has 0 unspecified atom stereocenters. The molecule has 1 aliphatic carbocycles. The van der Waals surface area contributed by atoms with Crippen LogP contribution in [0.2, 0.25) is 0 Å². The lowest BCUT2D eigenvalue weighted by molar-refractivity contribution is 0.0556. The molecule has 1 atom stereocenters. The van der Waals surface area contributed by atoms with Crippen LogP contribution in [0.15, 0.2) is 35.1 Å². The van der Waals surface area contributed by atoms with Crippen molar-refractivity contribution in [2.75, 3.05) is 22.9 Å². The lowest BCUT2D eigenvalue weighted by Gasteiger charge is -2.26. The first kappa shape index (κ1) is 21.6. The summed E-state index contributed by atoms with van der Waals surface area (Å²) >= 11 is 0. The normalized spacial score (nSPS) is 19.3. The Morgan fingerprint density at radius 1 is 1.41 bits per heavy atom. The van der Waals surface area contributed by atoms with E-state index in [9.17, 15) is 19.2 Å². The molecule has 1 aromatic carbocycles. The molecular weight excluding hydrogens is 419 g/mol. The van der Waals surface area contributed by atoms with Gasteiger partial charge in [-0.15, -0.1) is 0 Å². The fourth-order valence-electron chi connectivity index (χ4n) is 3.58. The zero-order valence-electron chi connectivity index (χ0n) is 18.0. The fourth-order valence-corrected chi connectivity index (χ4v) is 3.58. The average Bonchev–Trinajstić information content (AvgIpc) is 3.14. The highest BCUT2D eigenvalue weighted by molar-refractivity contribution is 5.91. The Hall–Kier alpha value is -3.61. The summed E-state index contributed by atoms with van der Waals surface area (Å²) in [6.07, 6.45) is 0.531. The van der Waals surface area contributed by atoms with Gasteiger partial charge in [0.2, 0.25) is 0 Å². The number of hydrogen-bond donors (Lipinski definition) is 0. The van der Waals surface area contributed by atoms with Crippen LogP contribution in [0, 0.1) is 17.1 Å². The van der Waals surface area contributed by atoms with E-state index in [0.29, 0.717) is 24.1 Å². The SMILES string of the molecule is CC(C)(C)OC(=O)N(C[C@H]1CN(c2ccc(C3(C#N)CC3)c(F)c2)C(=O)O1)c1ccon1. The van der Waals surface area contributed by atoms with E-state index in [1.54, 1.807) is 32.9 Å². The van der Waals surface area contributed by atoms with Gasteiger partial charge in [-0.25, -0.2) is 14.0 Å². The number of nitriles is 1. The highest BCUT2D eigenvalue weighted by atomic mass is 19.1. The minimum Gasteiger partial charge on any atom is -0.443 e. The first-order valence-electron chi connectivity index (χ1n) is 10.2. The predicted octanol–water partition coefficient (Wildman–Crippen LogP) is 4.14. The standard InChI is InChI=1S/C22H23FN4O5/c1-21(2,3)32-20(29)27(18-6-9-30-25-18)12-15-11-26(19(28)31-15)14-4-5-16(17(23)10-14)22(13-24)7-8-22/h4-6,9-10,15H,7-8,11-12H2,1-3H3/t15-/m1/s1. The summed E-state index contributed by atoms with van der Waals surface area (Å²) in [5, 5.41) is 13.1. The topological polar surface area (TPSA) is 109 Å². The van der Waals surface area contributed by atoms with Gasteiger partial charge in [-0.1, -0.05) is 11.2 Å². The summed E-state index contributed by atoms with van der Waals surface area (Å²) in [7, 11) is 0. The maximum Gasteiger partial charge on any atom is 0.416 e. The number of aromatic nitrogens is 1. The molecule has 0 radical (unpaired) electrons. The zero-order valence-corrected chi connectivity index (χ0v) is 18.0. The van der Waals surface area contributed by atoms with E-state index in [2.05, 4.69) is 11.2 Å². The van der Waals surface area contributed by atoms with Crippen molar-refractivity contribution >= 4 is 23.7 Å². The number of amides is 2. The van der Waals surface area contributed by atoms with E-state index in [1.165, 1.54) is 28.2 Å². The molecule has 2 aromatic rings. The van der Waals surface area contributed by atoms with E-state index < -0.39 is 35.1 Å². The number of benzene rings is 1. The molecule has 2 aliphatic rings. The first-order valence-corrected chi connectivity index (χ1v) is 10.2. The van der Waals surface area contributed by atoms with E-state index >= 15 is 0 Å². The van der Waals surface area contributed by atoms with Gasteiger partial charge in [-0.3, -0.25) is 9.80 Å². The molecule has 168 valence electrons. The second kappa shape index (κ2) is 7.82. The van der Waals surface area contributed by atoms with Gasteiger partial charge in [-0.05, 0) is 45.7 Å². The molecule has 1 aromatic heterocycles. The number of carbonyl (C=O) groups excluding carboxylic acids is 2. The van der Waals surface area contributed by atoms with Crippen LogP contribution in [-0.2, 0) is 14.9 Å². The van der Waals surface area contributed by atoms with Crippen molar-refractivity contribution < 1.29 is 28.0 Å². The van der Waals surface area contributed by atoms with Crippen molar-refractivity contribution in [3.05, 3.63) is 41.9 Å². The van der Waals surface area contributed by atoms with Gasteiger partial charge in [0.1, 0.15) is 23.8 Å². The Bertz CT molecular complexity index is 1070. The zero-order chi connectivity index (χ0) is 23.1. The number of nitrogens with zero attached hydrogens (tertiary/aromatic N) is 4. The molecule has 10 heteroatoms. The molecule has 2 amide bonds. The summed E-state index contributed by atoms with van der Waals surface area (Å²) in [6, 6.07) is 8.04. The lowest BCUT2D eigenvalue weighted by atomic mass is 9.97. The van der Waals surface area contributed by atoms with E-state index in [-0.39, 0.29) is 18.9 Å². The molecule has 4 rings (SSSR count).